The Labute approximate surface area is 185 Å². The Morgan fingerprint density at radius 3 is 2.38 bits per heavy atom. The predicted octanol–water partition coefficient (Wildman–Crippen LogP) is 2.59. The molecule has 1 fully saturated rings. The smallest absolute Gasteiger partial charge is 0.264 e. The molecule has 3 aromatic rings. The molecule has 0 radical (unpaired) electrons. The van der Waals surface area contributed by atoms with Crippen LogP contribution in [0.2, 0.25) is 0 Å². The molecule has 1 aromatic carbocycles. The third-order valence-corrected chi connectivity index (χ3v) is 7.30. The lowest BCUT2D eigenvalue weighted by atomic mass is 10.1. The van der Waals surface area contributed by atoms with Crippen molar-refractivity contribution in [2.75, 3.05) is 26.2 Å². The van der Waals surface area contributed by atoms with E-state index in [0.29, 0.717) is 40.3 Å². The van der Waals surface area contributed by atoms with E-state index in [1.54, 1.807) is 16.4 Å². The average Bonchev–Trinajstić information content (AvgIpc) is 3.40. The van der Waals surface area contributed by atoms with Gasteiger partial charge in [0.05, 0.1) is 10.3 Å². The van der Waals surface area contributed by atoms with E-state index in [9.17, 15) is 23.2 Å². The summed E-state index contributed by atoms with van der Waals surface area (Å²) in [5, 5.41) is 0.510. The summed E-state index contributed by atoms with van der Waals surface area (Å²) in [6.07, 6.45) is 1.66. The number of halogens is 2. The van der Waals surface area contributed by atoms with Gasteiger partial charge >= 0.3 is 0 Å². The predicted molar refractivity (Wildman–Crippen MR) is 115 cm³/mol. The largest absolute Gasteiger partial charge is 0.335 e. The molecule has 2 aromatic heterocycles. The summed E-state index contributed by atoms with van der Waals surface area (Å²) in [6, 6.07) is 3.07. The van der Waals surface area contributed by atoms with Crippen LogP contribution in [0.5, 0.6) is 0 Å². The van der Waals surface area contributed by atoms with Gasteiger partial charge < -0.3 is 9.80 Å². The molecule has 2 aliphatic heterocycles. The van der Waals surface area contributed by atoms with Gasteiger partial charge in [0, 0.05) is 44.7 Å². The van der Waals surface area contributed by atoms with Gasteiger partial charge in [-0.15, -0.1) is 11.3 Å². The summed E-state index contributed by atoms with van der Waals surface area (Å²) in [4.78, 5) is 47.5. The summed E-state index contributed by atoms with van der Waals surface area (Å²) in [5.41, 5.74) is 0.635. The third kappa shape index (κ3) is 3.29. The second kappa shape index (κ2) is 7.77. The molecule has 0 saturated carbocycles. The number of amides is 2. The maximum absolute atomic E-state index is 13.5. The normalized spacial score (nSPS) is 16.0. The molecule has 2 amide bonds. The number of aryl methyl sites for hydroxylation is 2. The van der Waals surface area contributed by atoms with Crippen molar-refractivity contribution in [2.45, 2.75) is 26.3 Å². The van der Waals surface area contributed by atoms with Gasteiger partial charge in [-0.25, -0.2) is 13.8 Å². The van der Waals surface area contributed by atoms with Crippen LogP contribution < -0.4 is 5.56 Å². The Kier molecular flexibility index (Phi) is 5.04. The van der Waals surface area contributed by atoms with Crippen molar-refractivity contribution in [1.82, 2.24) is 19.4 Å². The molecule has 0 bridgehead atoms. The molecular formula is C22H20F2N4O3S. The quantitative estimate of drug-likeness (QED) is 0.592. The van der Waals surface area contributed by atoms with Crippen LogP contribution >= 0.6 is 11.3 Å². The first kappa shape index (κ1) is 20.7. The zero-order valence-corrected chi connectivity index (χ0v) is 18.2. The Balaban J connectivity index is 1.33. The molecule has 10 heteroatoms. The van der Waals surface area contributed by atoms with E-state index in [4.69, 9.17) is 0 Å². The Morgan fingerprint density at radius 1 is 1.00 bits per heavy atom. The van der Waals surface area contributed by atoms with E-state index < -0.39 is 17.5 Å². The van der Waals surface area contributed by atoms with Gasteiger partial charge in [0.15, 0.2) is 11.6 Å². The maximum atomic E-state index is 13.5. The SMILES string of the molecule is Cc1c(C(=O)N2CCN(C(=O)c3ccc(F)c(F)c3)CC2)sc2nc3n(c(=O)c12)CCC3. The number of thiophene rings is 1. The first-order chi connectivity index (χ1) is 15.3. The van der Waals surface area contributed by atoms with Crippen LogP contribution in [0.1, 0.15) is 37.8 Å². The highest BCUT2D eigenvalue weighted by Gasteiger charge is 2.29. The summed E-state index contributed by atoms with van der Waals surface area (Å²) in [6.45, 7) is 3.62. The van der Waals surface area contributed by atoms with Gasteiger partial charge in [-0.3, -0.25) is 19.0 Å². The van der Waals surface area contributed by atoms with Crippen molar-refractivity contribution >= 4 is 33.4 Å². The highest BCUT2D eigenvalue weighted by molar-refractivity contribution is 7.20. The minimum Gasteiger partial charge on any atom is -0.335 e. The number of rotatable bonds is 2. The highest BCUT2D eigenvalue weighted by Crippen LogP contribution is 2.30. The third-order valence-electron chi connectivity index (χ3n) is 6.13. The molecule has 0 aliphatic carbocycles. The fourth-order valence-electron chi connectivity index (χ4n) is 4.35. The zero-order valence-electron chi connectivity index (χ0n) is 17.4. The number of nitrogens with zero attached hydrogens (tertiary/aromatic N) is 4. The first-order valence-corrected chi connectivity index (χ1v) is 11.2. The van der Waals surface area contributed by atoms with Gasteiger partial charge in [-0.05, 0) is 37.1 Å². The molecule has 7 nitrogen and oxygen atoms in total. The first-order valence-electron chi connectivity index (χ1n) is 10.4. The van der Waals surface area contributed by atoms with E-state index in [0.717, 1.165) is 30.8 Å². The second-order valence-corrected chi connectivity index (χ2v) is 9.04. The van der Waals surface area contributed by atoms with Crippen molar-refractivity contribution < 1.29 is 18.4 Å². The molecule has 32 heavy (non-hydrogen) atoms. The molecule has 1 saturated heterocycles. The standard InChI is InChI=1S/C22H20F2N4O3S/c1-12-17-19(25-16-3-2-6-28(16)21(17)30)32-18(12)22(31)27-9-7-26(8-10-27)20(29)13-4-5-14(23)15(24)11-13/h4-5,11H,2-3,6-10H2,1H3. The van der Waals surface area contributed by atoms with Crippen LogP contribution in [-0.2, 0) is 13.0 Å². The van der Waals surface area contributed by atoms with Gasteiger partial charge in [-0.1, -0.05) is 0 Å². The number of hydrogen-bond acceptors (Lipinski definition) is 5. The van der Waals surface area contributed by atoms with E-state index in [2.05, 4.69) is 4.98 Å². The summed E-state index contributed by atoms with van der Waals surface area (Å²) in [7, 11) is 0. The lowest BCUT2D eigenvalue weighted by Gasteiger charge is -2.34. The number of aromatic nitrogens is 2. The molecule has 2 aliphatic rings. The van der Waals surface area contributed by atoms with Crippen LogP contribution in [0, 0.1) is 18.6 Å². The molecule has 0 spiro atoms. The maximum Gasteiger partial charge on any atom is 0.264 e. The number of carbonyl (C=O) groups is 2. The number of fused-ring (bicyclic) bond motifs is 2. The van der Waals surface area contributed by atoms with Crippen LogP contribution in [0.25, 0.3) is 10.2 Å². The average molecular weight is 458 g/mol. The van der Waals surface area contributed by atoms with Crippen molar-refractivity contribution in [3.8, 4) is 0 Å². The van der Waals surface area contributed by atoms with Gasteiger partial charge in [0.1, 0.15) is 10.7 Å². The van der Waals surface area contributed by atoms with E-state index in [1.165, 1.54) is 22.3 Å². The molecule has 166 valence electrons. The van der Waals surface area contributed by atoms with Crippen LogP contribution in [0.3, 0.4) is 0 Å². The fourth-order valence-corrected chi connectivity index (χ4v) is 5.51. The second-order valence-electron chi connectivity index (χ2n) is 8.04. The summed E-state index contributed by atoms with van der Waals surface area (Å²) < 4.78 is 28.3. The molecule has 0 unspecified atom stereocenters. The number of benzene rings is 1. The molecule has 0 atom stereocenters. The Hall–Kier alpha value is -3.14. The lowest BCUT2D eigenvalue weighted by Crippen LogP contribution is -2.50. The van der Waals surface area contributed by atoms with Crippen molar-refractivity contribution in [2.24, 2.45) is 0 Å². The summed E-state index contributed by atoms with van der Waals surface area (Å²) in [5.74, 6) is -1.89. The van der Waals surface area contributed by atoms with E-state index in [1.807, 2.05) is 0 Å². The van der Waals surface area contributed by atoms with Crippen molar-refractivity contribution in [1.29, 1.82) is 0 Å². The van der Waals surface area contributed by atoms with Gasteiger partial charge in [0.25, 0.3) is 17.4 Å². The van der Waals surface area contributed by atoms with E-state index >= 15 is 0 Å². The lowest BCUT2D eigenvalue weighted by molar-refractivity contribution is 0.0537. The van der Waals surface area contributed by atoms with Crippen LogP contribution in [-0.4, -0.2) is 57.3 Å². The van der Waals surface area contributed by atoms with Gasteiger partial charge in [0.2, 0.25) is 0 Å². The number of carbonyl (C=O) groups excluding carboxylic acids is 2. The molecule has 0 N–H and O–H groups in total. The van der Waals surface area contributed by atoms with Crippen molar-refractivity contribution in [3.63, 3.8) is 0 Å². The highest BCUT2D eigenvalue weighted by atomic mass is 32.1. The minimum absolute atomic E-state index is 0.0728. The summed E-state index contributed by atoms with van der Waals surface area (Å²) >= 11 is 1.24. The van der Waals surface area contributed by atoms with Crippen molar-refractivity contribution in [3.05, 3.63) is 62.0 Å². The Bertz CT molecular complexity index is 1320. The zero-order chi connectivity index (χ0) is 22.6. The minimum atomic E-state index is -1.07. The fraction of sp³-hybridized carbons (Fsp3) is 0.364. The van der Waals surface area contributed by atoms with Crippen LogP contribution in [0.15, 0.2) is 23.0 Å². The van der Waals surface area contributed by atoms with Crippen LogP contribution in [0.4, 0.5) is 8.78 Å². The van der Waals surface area contributed by atoms with Gasteiger partial charge in [-0.2, -0.15) is 0 Å². The topological polar surface area (TPSA) is 75.5 Å². The molecule has 5 rings (SSSR count). The molecule has 4 heterocycles. The van der Waals surface area contributed by atoms with E-state index in [-0.39, 0.29) is 30.1 Å². The number of piperazine rings is 1. The number of hydrogen-bond donors (Lipinski definition) is 0. The monoisotopic (exact) mass is 458 g/mol. The Morgan fingerprint density at radius 2 is 1.69 bits per heavy atom. The molecular weight excluding hydrogens is 438 g/mol.